The highest BCUT2D eigenvalue weighted by Crippen LogP contribution is 2.64. The van der Waals surface area contributed by atoms with Gasteiger partial charge in [0.1, 0.15) is 5.75 Å². The van der Waals surface area contributed by atoms with Crippen LogP contribution in [0.25, 0.3) is 0 Å². The molecule has 1 saturated carbocycles. The molecule has 4 aromatic rings. The average molecular weight is 658 g/mol. The van der Waals surface area contributed by atoms with Crippen LogP contribution in [0.4, 0.5) is 22.7 Å². The molecule has 48 heavy (non-hydrogen) atoms. The fourth-order valence-electron chi connectivity index (χ4n) is 8.58. The number of fused-ring (bicyclic) bond motifs is 4. The van der Waals surface area contributed by atoms with Gasteiger partial charge in [0.15, 0.2) is 0 Å². The molecule has 2 heterocycles. The zero-order valence-corrected chi connectivity index (χ0v) is 26.8. The number of benzene rings is 4. The van der Waals surface area contributed by atoms with Gasteiger partial charge in [0.05, 0.1) is 34.5 Å². The van der Waals surface area contributed by atoms with Gasteiger partial charge in [0.2, 0.25) is 23.6 Å². The van der Waals surface area contributed by atoms with E-state index in [2.05, 4.69) is 5.32 Å². The van der Waals surface area contributed by atoms with Crippen molar-refractivity contribution in [2.75, 3.05) is 15.1 Å². The van der Waals surface area contributed by atoms with Gasteiger partial charge in [-0.05, 0) is 92.4 Å². The molecule has 6 unspecified atom stereocenters. The number of nitrogens with one attached hydrogen (secondary N) is 1. The molecule has 0 aromatic heterocycles. The number of aromatic hydroxyl groups is 1. The summed E-state index contributed by atoms with van der Waals surface area (Å²) in [5.74, 6) is -4.74. The minimum absolute atomic E-state index is 0.0499. The second kappa shape index (κ2) is 11.2. The fourth-order valence-corrected chi connectivity index (χ4v) is 8.76. The second-order valence-electron chi connectivity index (χ2n) is 13.2. The normalized spacial score (nSPS) is 27.8. The summed E-state index contributed by atoms with van der Waals surface area (Å²) in [6.07, 6.45) is 2.49. The van der Waals surface area contributed by atoms with Gasteiger partial charge in [-0.2, -0.15) is 0 Å². The molecule has 3 fully saturated rings. The Morgan fingerprint density at radius 2 is 1.40 bits per heavy atom. The minimum Gasteiger partial charge on any atom is -0.508 e. The van der Waals surface area contributed by atoms with E-state index >= 15 is 0 Å². The maximum absolute atomic E-state index is 14.5. The number of phenolic OH excluding ortho intramolecular Hbond substituents is 1. The lowest BCUT2D eigenvalue weighted by atomic mass is 9.51. The summed E-state index contributed by atoms with van der Waals surface area (Å²) >= 11 is 6.46. The molecular weight excluding hydrogens is 626 g/mol. The van der Waals surface area contributed by atoms with E-state index in [0.717, 1.165) is 16.9 Å². The Kier molecular flexibility index (Phi) is 7.03. The first-order valence-electron chi connectivity index (χ1n) is 16.1. The molecule has 8 nitrogen and oxygen atoms in total. The van der Waals surface area contributed by atoms with E-state index in [1.807, 2.05) is 54.6 Å². The number of para-hydroxylation sites is 2. The van der Waals surface area contributed by atoms with Gasteiger partial charge in [-0.3, -0.25) is 24.1 Å². The smallest absolute Gasteiger partial charge is 0.241 e. The molecule has 9 heteroatoms. The molecule has 0 spiro atoms. The van der Waals surface area contributed by atoms with Crippen LogP contribution < -0.4 is 15.1 Å². The van der Waals surface area contributed by atoms with Crippen LogP contribution in [0.3, 0.4) is 0 Å². The first kappa shape index (κ1) is 30.1. The number of rotatable bonds is 5. The molecule has 0 radical (unpaired) electrons. The topological polar surface area (TPSA) is 107 Å². The van der Waals surface area contributed by atoms with Crippen molar-refractivity contribution in [2.45, 2.75) is 25.7 Å². The van der Waals surface area contributed by atoms with Crippen molar-refractivity contribution in [3.8, 4) is 5.75 Å². The molecule has 2 saturated heterocycles. The number of amides is 4. The quantitative estimate of drug-likeness (QED) is 0.173. The highest BCUT2D eigenvalue weighted by atomic mass is 35.5. The Morgan fingerprint density at radius 1 is 0.750 bits per heavy atom. The Labute approximate surface area is 282 Å². The van der Waals surface area contributed by atoms with Crippen molar-refractivity contribution in [3.63, 3.8) is 0 Å². The summed E-state index contributed by atoms with van der Waals surface area (Å²) < 4.78 is 0. The molecule has 2 aliphatic carbocycles. The van der Waals surface area contributed by atoms with Crippen LogP contribution in [0.5, 0.6) is 5.75 Å². The molecule has 2 N–H and O–H groups in total. The predicted molar refractivity (Wildman–Crippen MR) is 183 cm³/mol. The molecule has 0 bridgehead atoms. The van der Waals surface area contributed by atoms with E-state index < -0.39 is 35.0 Å². The Balaban J connectivity index is 1.18. The average Bonchev–Trinajstić information content (AvgIpc) is 3.46. The number of allylic oxidation sites excluding steroid dienone is 2. The van der Waals surface area contributed by atoms with Gasteiger partial charge in [-0.1, -0.05) is 59.6 Å². The van der Waals surface area contributed by atoms with Crippen LogP contribution in [-0.4, -0.2) is 28.7 Å². The van der Waals surface area contributed by atoms with Gasteiger partial charge >= 0.3 is 0 Å². The highest BCUT2D eigenvalue weighted by molar-refractivity contribution is 6.30. The summed E-state index contributed by atoms with van der Waals surface area (Å²) in [5.41, 5.74) is 2.62. The Hall–Kier alpha value is -5.21. The summed E-state index contributed by atoms with van der Waals surface area (Å²) in [6, 6.07) is 30.4. The monoisotopic (exact) mass is 657 g/mol. The Bertz CT molecular complexity index is 2010. The van der Waals surface area contributed by atoms with Crippen molar-refractivity contribution < 1.29 is 24.3 Å². The predicted octanol–water partition coefficient (Wildman–Crippen LogP) is 7.22. The zero-order chi connectivity index (χ0) is 33.3. The molecule has 8 rings (SSSR count). The number of halogens is 1. The van der Waals surface area contributed by atoms with Crippen LogP contribution in [0.1, 0.15) is 31.2 Å². The highest BCUT2D eigenvalue weighted by Gasteiger charge is 2.68. The second-order valence-corrected chi connectivity index (χ2v) is 13.7. The molecular formula is C39H32ClN3O5. The van der Waals surface area contributed by atoms with Crippen molar-refractivity contribution >= 4 is 58.0 Å². The molecule has 2 aliphatic heterocycles. The van der Waals surface area contributed by atoms with Crippen LogP contribution in [-0.2, 0) is 19.2 Å². The van der Waals surface area contributed by atoms with E-state index in [1.54, 1.807) is 55.5 Å². The number of carbonyl (C=O) groups is 4. The lowest BCUT2D eigenvalue weighted by Crippen LogP contribution is -2.48. The maximum atomic E-state index is 14.5. The SMILES string of the molecule is CC12C(=O)N(c3ccccc3)C(=O)C1CC1C(=CCC3C(=O)N(c4ccc(Nc5ccccc5)cc4)C(=O)C31)C2c1cc(Cl)ccc1O. The van der Waals surface area contributed by atoms with Gasteiger partial charge in [0, 0.05) is 27.9 Å². The Morgan fingerprint density at radius 3 is 2.10 bits per heavy atom. The number of imide groups is 2. The van der Waals surface area contributed by atoms with Gasteiger partial charge in [-0.25, -0.2) is 4.90 Å². The first-order valence-corrected chi connectivity index (χ1v) is 16.5. The molecule has 240 valence electrons. The van der Waals surface area contributed by atoms with Crippen LogP contribution in [0.15, 0.2) is 115 Å². The number of carbonyl (C=O) groups excluding carboxylic acids is 4. The molecule has 4 amide bonds. The maximum Gasteiger partial charge on any atom is 0.241 e. The number of nitrogens with zero attached hydrogens (tertiary/aromatic N) is 2. The third-order valence-corrected chi connectivity index (χ3v) is 11.0. The summed E-state index contributed by atoms with van der Waals surface area (Å²) in [5, 5.41) is 14.9. The van der Waals surface area contributed by atoms with Crippen molar-refractivity contribution in [1.29, 1.82) is 0 Å². The van der Waals surface area contributed by atoms with Crippen molar-refractivity contribution in [1.82, 2.24) is 0 Å². The van der Waals surface area contributed by atoms with Crippen LogP contribution in [0.2, 0.25) is 5.02 Å². The lowest BCUT2D eigenvalue weighted by Gasteiger charge is -2.49. The first-order chi connectivity index (χ1) is 23.2. The van der Waals surface area contributed by atoms with Crippen LogP contribution >= 0.6 is 11.6 Å². The largest absolute Gasteiger partial charge is 0.508 e. The van der Waals surface area contributed by atoms with E-state index in [9.17, 15) is 24.3 Å². The van der Waals surface area contributed by atoms with E-state index in [1.165, 1.54) is 15.9 Å². The molecule has 4 aliphatic rings. The zero-order valence-electron chi connectivity index (χ0n) is 26.0. The molecule has 6 atom stereocenters. The van der Waals surface area contributed by atoms with Crippen molar-refractivity contribution in [3.05, 3.63) is 125 Å². The number of hydrogen-bond donors (Lipinski definition) is 2. The van der Waals surface area contributed by atoms with Crippen LogP contribution in [0, 0.1) is 29.1 Å². The molecule has 4 aromatic carbocycles. The third kappa shape index (κ3) is 4.43. The van der Waals surface area contributed by atoms with Gasteiger partial charge in [0.25, 0.3) is 0 Å². The summed E-state index contributed by atoms with van der Waals surface area (Å²) in [4.78, 5) is 59.6. The van der Waals surface area contributed by atoms with E-state index in [4.69, 9.17) is 11.6 Å². The summed E-state index contributed by atoms with van der Waals surface area (Å²) in [6.45, 7) is 1.79. The minimum atomic E-state index is -1.27. The fraction of sp³-hybridized carbons (Fsp3) is 0.231. The third-order valence-electron chi connectivity index (χ3n) is 10.8. The summed E-state index contributed by atoms with van der Waals surface area (Å²) in [7, 11) is 0. The van der Waals surface area contributed by atoms with Crippen molar-refractivity contribution in [2.24, 2.45) is 29.1 Å². The number of phenols is 1. The van der Waals surface area contributed by atoms with Gasteiger partial charge < -0.3 is 10.4 Å². The standard InChI is InChI=1S/C39H32ClN3O5/c1-39-31(36(46)43(38(39)48)25-10-6-3-7-11-25)21-29-27(34(39)30-20-22(40)12-19-32(30)44)17-18-28-33(29)37(47)42(35(28)45)26-15-13-24(14-16-26)41-23-8-4-2-5-9-23/h2-17,19-20,28-29,31,33-34,41,44H,18,21H2,1H3. The number of hydrogen-bond acceptors (Lipinski definition) is 6. The number of anilines is 4. The lowest BCUT2D eigenvalue weighted by molar-refractivity contribution is -0.131. The van der Waals surface area contributed by atoms with E-state index in [-0.39, 0.29) is 35.8 Å². The van der Waals surface area contributed by atoms with E-state index in [0.29, 0.717) is 28.4 Å². The van der Waals surface area contributed by atoms with Gasteiger partial charge in [-0.15, -0.1) is 0 Å².